The van der Waals surface area contributed by atoms with E-state index in [-0.39, 0.29) is 11.7 Å². The van der Waals surface area contributed by atoms with Crippen molar-refractivity contribution in [2.24, 2.45) is 10.9 Å². The van der Waals surface area contributed by atoms with Crippen LogP contribution >= 0.6 is 0 Å². The second kappa shape index (κ2) is 7.33. The molecule has 1 aliphatic carbocycles. The van der Waals surface area contributed by atoms with Gasteiger partial charge in [0.1, 0.15) is 5.84 Å². The van der Waals surface area contributed by atoms with E-state index < -0.39 is 11.8 Å². The standard InChI is InChI=1S/C16H21FN2O3/c1-10-13(5-3-4-12-6-7-12)8-14(21)22-16(10)19-15(11(2)17)18-9-20/h8-9,11-12H,3-7H2,1-2H3,(H,18,19,20). The largest absolute Gasteiger partial charge is 0.404 e. The minimum atomic E-state index is -1.46. The molecule has 1 aromatic heterocycles. The van der Waals surface area contributed by atoms with E-state index in [9.17, 15) is 14.0 Å². The Kier molecular flexibility index (Phi) is 5.46. The van der Waals surface area contributed by atoms with E-state index in [0.29, 0.717) is 12.0 Å². The lowest BCUT2D eigenvalue weighted by atomic mass is 10.0. The van der Waals surface area contributed by atoms with Gasteiger partial charge in [-0.05, 0) is 38.2 Å². The van der Waals surface area contributed by atoms with Gasteiger partial charge in [0.05, 0.1) is 0 Å². The molecular formula is C16H21FN2O3. The van der Waals surface area contributed by atoms with E-state index in [4.69, 9.17) is 4.42 Å². The molecule has 0 saturated heterocycles. The van der Waals surface area contributed by atoms with Gasteiger partial charge in [0.25, 0.3) is 0 Å². The molecule has 0 aromatic carbocycles. The molecule has 2 rings (SSSR count). The fraction of sp³-hybridized carbons (Fsp3) is 0.562. The Morgan fingerprint density at radius 1 is 1.59 bits per heavy atom. The highest BCUT2D eigenvalue weighted by Crippen LogP contribution is 2.34. The van der Waals surface area contributed by atoms with Gasteiger partial charge in [-0.25, -0.2) is 9.18 Å². The van der Waals surface area contributed by atoms with Crippen LogP contribution in [0.1, 0.15) is 43.7 Å². The van der Waals surface area contributed by atoms with Crippen LogP contribution in [0.25, 0.3) is 0 Å². The van der Waals surface area contributed by atoms with Gasteiger partial charge in [-0.1, -0.05) is 19.3 Å². The third-order valence-electron chi connectivity index (χ3n) is 3.85. The third-order valence-corrected chi connectivity index (χ3v) is 3.85. The molecule has 5 nitrogen and oxygen atoms in total. The molecule has 6 heteroatoms. The molecule has 1 atom stereocenters. The summed E-state index contributed by atoms with van der Waals surface area (Å²) in [6.45, 7) is 3.04. The number of aryl methyl sites for hydroxylation is 1. The number of nitrogens with zero attached hydrogens (tertiary/aromatic N) is 1. The van der Waals surface area contributed by atoms with Crippen LogP contribution in [-0.2, 0) is 11.2 Å². The second-order valence-electron chi connectivity index (χ2n) is 5.73. The first-order chi connectivity index (χ1) is 10.5. The topological polar surface area (TPSA) is 71.7 Å². The zero-order chi connectivity index (χ0) is 16.1. The number of alkyl halides is 1. The van der Waals surface area contributed by atoms with Crippen molar-refractivity contribution < 1.29 is 13.6 Å². The van der Waals surface area contributed by atoms with Crippen LogP contribution in [0.4, 0.5) is 10.3 Å². The number of halogens is 1. The Labute approximate surface area is 128 Å². The molecule has 0 radical (unpaired) electrons. The van der Waals surface area contributed by atoms with Gasteiger partial charge in [0.2, 0.25) is 12.3 Å². The molecule has 1 saturated carbocycles. The highest BCUT2D eigenvalue weighted by Gasteiger charge is 2.20. The quantitative estimate of drug-likeness (QED) is 0.478. The van der Waals surface area contributed by atoms with Gasteiger partial charge in [-0.2, -0.15) is 4.99 Å². The second-order valence-corrected chi connectivity index (χ2v) is 5.73. The predicted molar refractivity (Wildman–Crippen MR) is 82.2 cm³/mol. The molecule has 1 unspecified atom stereocenters. The molecular weight excluding hydrogens is 287 g/mol. The van der Waals surface area contributed by atoms with Crippen LogP contribution in [0.15, 0.2) is 20.3 Å². The highest BCUT2D eigenvalue weighted by atomic mass is 19.1. The average molecular weight is 308 g/mol. The van der Waals surface area contributed by atoms with E-state index in [1.807, 2.05) is 0 Å². The molecule has 1 fully saturated rings. The lowest BCUT2D eigenvalue weighted by molar-refractivity contribution is -0.108. The van der Waals surface area contributed by atoms with Crippen molar-refractivity contribution in [1.29, 1.82) is 0 Å². The highest BCUT2D eigenvalue weighted by molar-refractivity contribution is 5.95. The van der Waals surface area contributed by atoms with Gasteiger partial charge >= 0.3 is 5.63 Å². The number of hydrogen-bond acceptors (Lipinski definition) is 4. The summed E-state index contributed by atoms with van der Waals surface area (Å²) in [5, 5.41) is 2.20. The number of nitrogens with one attached hydrogen (secondary N) is 1. The molecule has 0 bridgehead atoms. The lowest BCUT2D eigenvalue weighted by Crippen LogP contribution is -2.29. The van der Waals surface area contributed by atoms with E-state index in [0.717, 1.165) is 30.7 Å². The lowest BCUT2D eigenvalue weighted by Gasteiger charge is -2.09. The maximum atomic E-state index is 13.4. The summed E-state index contributed by atoms with van der Waals surface area (Å²) < 4.78 is 18.4. The molecule has 1 heterocycles. The number of amides is 1. The summed E-state index contributed by atoms with van der Waals surface area (Å²) in [4.78, 5) is 26.1. The fourth-order valence-corrected chi connectivity index (χ4v) is 2.35. The maximum absolute atomic E-state index is 13.4. The summed E-state index contributed by atoms with van der Waals surface area (Å²) in [7, 11) is 0. The molecule has 1 aromatic rings. The first-order valence-corrected chi connectivity index (χ1v) is 7.57. The minimum absolute atomic E-state index is 0.0581. The third kappa shape index (κ3) is 4.51. The smallest absolute Gasteiger partial charge is 0.337 e. The molecule has 22 heavy (non-hydrogen) atoms. The fourth-order valence-electron chi connectivity index (χ4n) is 2.35. The van der Waals surface area contributed by atoms with Gasteiger partial charge in [-0.15, -0.1) is 0 Å². The van der Waals surface area contributed by atoms with Crippen LogP contribution in [0.2, 0.25) is 0 Å². The normalized spacial score (nSPS) is 16.4. The van der Waals surface area contributed by atoms with Crippen LogP contribution in [0, 0.1) is 12.8 Å². The minimum Gasteiger partial charge on any atom is -0.404 e. The van der Waals surface area contributed by atoms with E-state index in [2.05, 4.69) is 10.3 Å². The number of aliphatic imine (C=N–C) groups is 1. The molecule has 1 aliphatic rings. The van der Waals surface area contributed by atoms with Gasteiger partial charge in [-0.3, -0.25) is 4.79 Å². The van der Waals surface area contributed by atoms with Gasteiger partial charge < -0.3 is 9.73 Å². The Morgan fingerprint density at radius 2 is 2.32 bits per heavy atom. The summed E-state index contributed by atoms with van der Waals surface area (Å²) >= 11 is 0. The Bertz CT molecular complexity index is 618. The van der Waals surface area contributed by atoms with Crippen LogP contribution in [0.3, 0.4) is 0 Å². The van der Waals surface area contributed by atoms with Crippen molar-refractivity contribution >= 4 is 18.1 Å². The summed E-state index contributed by atoms with van der Waals surface area (Å²) in [5.41, 5.74) is 1.07. The van der Waals surface area contributed by atoms with Gasteiger partial charge in [0.15, 0.2) is 6.17 Å². The maximum Gasteiger partial charge on any atom is 0.337 e. The van der Waals surface area contributed by atoms with Crippen molar-refractivity contribution in [3.05, 3.63) is 27.6 Å². The molecule has 1 amide bonds. The predicted octanol–water partition coefficient (Wildman–Crippen LogP) is 2.81. The van der Waals surface area contributed by atoms with Crippen molar-refractivity contribution in [3.8, 4) is 0 Å². The van der Waals surface area contributed by atoms with E-state index in [1.165, 1.54) is 25.8 Å². The van der Waals surface area contributed by atoms with Gasteiger partial charge in [0, 0.05) is 11.6 Å². The Balaban J connectivity index is 2.22. The molecule has 0 spiro atoms. The summed E-state index contributed by atoms with van der Waals surface area (Å²) in [6.07, 6.45) is 4.45. The number of rotatable bonds is 7. The Hall–Kier alpha value is -1.98. The van der Waals surface area contributed by atoms with E-state index in [1.54, 1.807) is 6.92 Å². The van der Waals surface area contributed by atoms with Crippen molar-refractivity contribution in [3.63, 3.8) is 0 Å². The molecule has 0 aliphatic heterocycles. The molecule has 120 valence electrons. The summed E-state index contributed by atoms with van der Waals surface area (Å²) in [6, 6.07) is 1.47. The Morgan fingerprint density at radius 3 is 2.91 bits per heavy atom. The van der Waals surface area contributed by atoms with Crippen molar-refractivity contribution in [1.82, 2.24) is 5.32 Å². The van der Waals surface area contributed by atoms with Crippen LogP contribution in [-0.4, -0.2) is 18.4 Å². The average Bonchev–Trinajstić information content (AvgIpc) is 3.27. The zero-order valence-electron chi connectivity index (χ0n) is 12.9. The first kappa shape index (κ1) is 16.4. The van der Waals surface area contributed by atoms with Crippen LogP contribution in [0.5, 0.6) is 0 Å². The molecule has 1 N–H and O–H groups in total. The SMILES string of the molecule is Cc1c(CCCC2CC2)cc(=O)oc1/N=C(\NC=O)C(C)F. The number of amidine groups is 1. The number of hydrogen-bond donors (Lipinski definition) is 1. The summed E-state index contributed by atoms with van der Waals surface area (Å²) in [5.74, 6) is 0.729. The number of carbonyl (C=O) groups excluding carboxylic acids is 1. The van der Waals surface area contributed by atoms with Crippen LogP contribution < -0.4 is 10.9 Å². The van der Waals surface area contributed by atoms with Crippen molar-refractivity contribution in [2.75, 3.05) is 0 Å². The first-order valence-electron chi connectivity index (χ1n) is 7.57. The van der Waals surface area contributed by atoms with Crippen molar-refractivity contribution in [2.45, 2.75) is 52.1 Å². The zero-order valence-corrected chi connectivity index (χ0v) is 12.9. The monoisotopic (exact) mass is 308 g/mol. The van der Waals surface area contributed by atoms with E-state index >= 15 is 0 Å². The number of carbonyl (C=O) groups is 1.